The second-order valence-electron chi connectivity index (χ2n) is 12.5. The first-order chi connectivity index (χ1) is 27.0. The molecule has 0 radical (unpaired) electrons. The lowest BCUT2D eigenvalue weighted by molar-refractivity contribution is -0.449. The zero-order valence-electron chi connectivity index (χ0n) is 27.8. The van der Waals surface area contributed by atoms with E-state index in [1.807, 2.05) is 0 Å². The minimum Gasteiger partial charge on any atom is -0.385 e. The number of allylic oxidation sites excluding steroid dienone is 1. The molecule has 7 fully saturated rings. The fourth-order valence-corrected chi connectivity index (χ4v) is 12.4. The third kappa shape index (κ3) is 6.10. The molecule has 4 unspecified atom stereocenters. The molecule has 0 aliphatic carbocycles. The van der Waals surface area contributed by atoms with E-state index in [1.54, 1.807) is 0 Å². The molecular weight excluding hydrogens is 905 g/mol. The van der Waals surface area contributed by atoms with Gasteiger partial charge >= 0.3 is 56.6 Å². The van der Waals surface area contributed by atoms with Crippen LogP contribution >= 0.6 is 39.1 Å². The highest BCUT2D eigenvalue weighted by Gasteiger charge is 3.02. The van der Waals surface area contributed by atoms with E-state index in [4.69, 9.17) is 71.7 Å². The topological polar surface area (TPSA) is 432 Å². The van der Waals surface area contributed by atoms with Crippen LogP contribution in [0.25, 0.3) is 11.2 Å². The number of rotatable bonds is 5. The van der Waals surface area contributed by atoms with Crippen LogP contribution in [0.4, 0.5) is 5.82 Å². The van der Waals surface area contributed by atoms with Crippen LogP contribution in [0.1, 0.15) is 6.42 Å². The van der Waals surface area contributed by atoms with Crippen LogP contribution in [0.15, 0.2) is 36.7 Å². The predicted molar refractivity (Wildman–Crippen MR) is 168 cm³/mol. The summed E-state index contributed by atoms with van der Waals surface area (Å²) < 4.78 is 131. The van der Waals surface area contributed by atoms with Crippen molar-refractivity contribution in [3.8, 4) is 0 Å². The molecule has 37 heteroatoms. The number of nitrogen functional groups attached to an aromatic ring is 1. The number of primary amides is 1. The van der Waals surface area contributed by atoms with Crippen molar-refractivity contribution in [2.24, 2.45) is 5.73 Å². The predicted octanol–water partition coefficient (Wildman–Crippen LogP) is -1.23. The van der Waals surface area contributed by atoms with Crippen molar-refractivity contribution in [3.63, 3.8) is 0 Å². The fraction of sp³-hybridized carbons (Fsp3) is 0.524. The number of aromatic nitrogens is 4. The zero-order chi connectivity index (χ0) is 41.5. The Morgan fingerprint density at radius 2 is 1.78 bits per heavy atom. The molecule has 1 amide bonds. The van der Waals surface area contributed by atoms with Crippen molar-refractivity contribution in [3.05, 3.63) is 36.7 Å². The largest absolute Gasteiger partial charge is 0.533 e. The standard InChI is InChI=1S/C21H24N7O25P5/c22-14-11-16(25-7-24-14)28(8-26-11)21-20(47-54(31,32)33)19-18(44-21,46-57(38,48-19)49-20)6-41-56(36,37)53-55(34,35)40-5-10-13(43-51-58(39,50-21)52-45-19)12(29)17(42-10)27-3-1-2-9(4-27)15(23)30/h1,3-4,7-8,10,12-13,17,29H,2,5-6H2,(H2,23,30)(H,34,35)(H,36,37)(H2,22,24,25)(H2,31,32,33)/t10-,12-,13-,17-,18-,19-,20-,21-,57?,58?/m1/s1. The van der Waals surface area contributed by atoms with Crippen LogP contribution in [0, 0.1) is 0 Å². The Hall–Kier alpha value is -2.51. The summed E-state index contributed by atoms with van der Waals surface area (Å²) in [6.07, 6.45) is -2.01. The van der Waals surface area contributed by atoms with Crippen LogP contribution in [0.2, 0.25) is 0 Å². The molecule has 2 aromatic heterocycles. The number of hydrogen-bond donors (Lipinski definition) is 7. The minimum absolute atomic E-state index is 0.0215. The highest BCUT2D eigenvalue weighted by atomic mass is 31.3. The molecule has 58 heavy (non-hydrogen) atoms. The zero-order valence-corrected chi connectivity index (χ0v) is 32.3. The number of hydrogen-bond acceptors (Lipinski definition) is 26. The van der Waals surface area contributed by atoms with Crippen molar-refractivity contribution < 1.29 is 117 Å². The summed E-state index contributed by atoms with van der Waals surface area (Å²) in [5.41, 5.74) is 10.4. The number of fused-ring (bicyclic) bond motifs is 10. The average molecular weight is 929 g/mol. The summed E-state index contributed by atoms with van der Waals surface area (Å²) in [5.74, 6) is -15.8. The molecule has 5 bridgehead atoms. The van der Waals surface area contributed by atoms with Crippen molar-refractivity contribution in [1.82, 2.24) is 24.4 Å². The normalized spacial score (nSPS) is 46.4. The van der Waals surface area contributed by atoms with Crippen molar-refractivity contribution in [2.45, 2.75) is 54.2 Å². The van der Waals surface area contributed by atoms with Gasteiger partial charge in [0, 0.05) is 18.0 Å². The molecule has 32 nitrogen and oxygen atoms in total. The minimum atomic E-state index is -6.13. The molecule has 318 valence electrons. The van der Waals surface area contributed by atoms with Gasteiger partial charge in [0.1, 0.15) is 37.0 Å². The van der Waals surface area contributed by atoms with Gasteiger partial charge in [-0.15, -0.1) is 9.35 Å². The van der Waals surface area contributed by atoms with Gasteiger partial charge in [-0.25, -0.2) is 65.3 Å². The Balaban J connectivity index is 1.21. The second-order valence-corrected chi connectivity index (χ2v) is 19.6. The number of phosphoric acid groups is 5. The molecule has 12 atom stereocenters. The number of aliphatic hydroxyl groups is 1. The van der Waals surface area contributed by atoms with Crippen LogP contribution in [0.3, 0.4) is 0 Å². The smallest absolute Gasteiger partial charge is 0.385 e. The first kappa shape index (κ1) is 40.9. The van der Waals surface area contributed by atoms with Crippen LogP contribution < -0.4 is 11.5 Å². The molecule has 2 spiro atoms. The number of imidazole rings is 1. The van der Waals surface area contributed by atoms with E-state index in [0.717, 1.165) is 17.4 Å². The monoisotopic (exact) mass is 929 g/mol. The number of phosphoric ester groups is 4. The number of amides is 1. The molecule has 10 rings (SSSR count). The number of aliphatic hydroxyl groups excluding tert-OH is 1. The van der Waals surface area contributed by atoms with Crippen molar-refractivity contribution in [2.75, 3.05) is 18.9 Å². The molecule has 7 saturated heterocycles. The first-order valence-corrected chi connectivity index (χ1v) is 23.0. The molecular formula is C21H24N7O25P5. The summed E-state index contributed by atoms with van der Waals surface area (Å²) in [6.45, 7) is -2.93. The molecule has 9 N–H and O–H groups in total. The van der Waals surface area contributed by atoms with Crippen molar-refractivity contribution >= 4 is 62.0 Å². The van der Waals surface area contributed by atoms with Gasteiger partial charge in [-0.2, -0.15) is 9.20 Å². The van der Waals surface area contributed by atoms with Gasteiger partial charge in [-0.05, 0) is 6.42 Å². The Bertz CT molecular complexity index is 2430. The summed E-state index contributed by atoms with van der Waals surface area (Å²) in [5, 5.41) is 11.4. The number of anilines is 1. The lowest BCUT2D eigenvalue weighted by Gasteiger charge is -2.40. The van der Waals surface area contributed by atoms with Crippen molar-refractivity contribution in [1.29, 1.82) is 0 Å². The van der Waals surface area contributed by atoms with E-state index in [2.05, 4.69) is 19.3 Å². The van der Waals surface area contributed by atoms with Crippen LogP contribution in [0.5, 0.6) is 0 Å². The lowest BCUT2D eigenvalue weighted by Crippen LogP contribution is -2.67. The van der Waals surface area contributed by atoms with E-state index < -0.39 is 112 Å². The number of nitrogens with two attached hydrogens (primary N) is 2. The molecule has 8 aliphatic rings. The van der Waals surface area contributed by atoms with E-state index >= 15 is 0 Å². The van der Waals surface area contributed by atoms with Crippen LogP contribution in [-0.2, 0) is 98.1 Å². The van der Waals surface area contributed by atoms with Gasteiger partial charge in [0.2, 0.25) is 5.91 Å². The number of ether oxygens (including phenoxy) is 2. The Kier molecular flexibility index (Phi) is 9.16. The highest BCUT2D eigenvalue weighted by Crippen LogP contribution is 2.87. The lowest BCUT2D eigenvalue weighted by atomic mass is 9.98. The Morgan fingerprint density at radius 1 is 1.02 bits per heavy atom. The fourth-order valence-electron chi connectivity index (χ4n) is 6.70. The maximum absolute atomic E-state index is 14.6. The third-order valence-corrected chi connectivity index (χ3v) is 14.5. The van der Waals surface area contributed by atoms with Gasteiger partial charge in [0.25, 0.3) is 5.79 Å². The first-order valence-electron chi connectivity index (χ1n) is 15.6. The molecule has 0 saturated carbocycles. The Morgan fingerprint density at radius 3 is 2.52 bits per heavy atom. The molecule has 10 heterocycles. The summed E-state index contributed by atoms with van der Waals surface area (Å²) in [4.78, 5) is 76.8. The van der Waals surface area contributed by atoms with Gasteiger partial charge in [-0.3, -0.25) is 23.1 Å². The van der Waals surface area contributed by atoms with E-state index in [-0.39, 0.29) is 23.3 Å². The summed E-state index contributed by atoms with van der Waals surface area (Å²) in [7, 11) is -29.2. The van der Waals surface area contributed by atoms with Gasteiger partial charge in [-0.1, -0.05) is 6.08 Å². The van der Waals surface area contributed by atoms with E-state index in [9.17, 15) is 52.3 Å². The average Bonchev–Trinajstić information content (AvgIpc) is 3.83. The molecule has 8 aliphatic heterocycles. The molecule has 2 aromatic rings. The third-order valence-electron chi connectivity index (χ3n) is 8.91. The summed E-state index contributed by atoms with van der Waals surface area (Å²) >= 11 is 0. The highest BCUT2D eigenvalue weighted by molar-refractivity contribution is 7.61. The van der Waals surface area contributed by atoms with Gasteiger partial charge in [0.15, 0.2) is 23.8 Å². The van der Waals surface area contributed by atoms with E-state index in [0.29, 0.717) is 10.9 Å². The van der Waals surface area contributed by atoms with E-state index in [1.165, 1.54) is 12.3 Å². The number of carbonyl (C=O) groups excluding carboxylic acids is 1. The summed E-state index contributed by atoms with van der Waals surface area (Å²) in [6, 6.07) is 0. The molecule has 0 aromatic carbocycles. The van der Waals surface area contributed by atoms with Crippen LogP contribution in [-0.4, -0.2) is 110 Å². The van der Waals surface area contributed by atoms with Gasteiger partial charge in [0.05, 0.1) is 6.61 Å². The number of nitrogens with zero attached hydrogens (tertiary/aromatic N) is 5. The SMILES string of the molecule is NC(=O)C1=CN([C@@H]2O[C@@H]3COP(=O)(O)OP(=O)(O)OC[C@]45O[C@@]6(n7cnc8c(N)ncnc87)OP(=O)(OO[C@H]3[C@H]2O)OO[C@@]42OP(=O)(O5)O[C@@]62OP(=O)(O)O)C=CC1. The second kappa shape index (κ2) is 13.0. The maximum Gasteiger partial charge on any atom is 0.533 e. The van der Waals surface area contributed by atoms with Gasteiger partial charge < -0.3 is 45.8 Å². The number of carbonyl (C=O) groups is 1. The maximum atomic E-state index is 14.6. The quantitative estimate of drug-likeness (QED) is 0.136. The Labute approximate surface area is 318 Å².